The summed E-state index contributed by atoms with van der Waals surface area (Å²) in [6.07, 6.45) is 0.941. The summed E-state index contributed by atoms with van der Waals surface area (Å²) in [6.45, 7) is 1.89. The summed E-state index contributed by atoms with van der Waals surface area (Å²) in [6, 6.07) is -4.84. The first-order valence-corrected chi connectivity index (χ1v) is 10.8. The molecule has 0 aliphatic carbocycles. The monoisotopic (exact) mass is 488 g/mol. The highest BCUT2D eigenvalue weighted by atomic mass is 16.4. The summed E-state index contributed by atoms with van der Waals surface area (Å²) in [5.74, 6) is -5.02. The van der Waals surface area contributed by atoms with Crippen molar-refractivity contribution in [2.24, 2.45) is 27.9 Å². The van der Waals surface area contributed by atoms with Crippen molar-refractivity contribution in [1.29, 1.82) is 0 Å². The second kappa shape index (κ2) is 16.2. The zero-order chi connectivity index (χ0) is 26.3. The van der Waals surface area contributed by atoms with E-state index in [4.69, 9.17) is 28.0 Å². The molecule has 15 nitrogen and oxygen atoms in total. The topological polar surface area (TPSA) is 278 Å². The lowest BCUT2D eigenvalue weighted by molar-refractivity contribution is -0.142. The fourth-order valence-electron chi connectivity index (χ4n) is 2.76. The number of aliphatic imine (C=N–C) groups is 1. The molecular formula is C19H36N8O7. The molecule has 13 N–H and O–H groups in total. The summed E-state index contributed by atoms with van der Waals surface area (Å²) in [7, 11) is 0. The smallest absolute Gasteiger partial charge is 0.326 e. The molecule has 0 aromatic rings. The van der Waals surface area contributed by atoms with Crippen LogP contribution >= 0.6 is 0 Å². The Labute approximate surface area is 197 Å². The molecule has 0 fully saturated rings. The predicted octanol–water partition coefficient (Wildman–Crippen LogP) is -3.47. The summed E-state index contributed by atoms with van der Waals surface area (Å²) in [4.78, 5) is 63.3. The number of nitrogens with two attached hydrogens (primary N) is 4. The minimum atomic E-state index is -1.39. The van der Waals surface area contributed by atoms with Gasteiger partial charge in [-0.2, -0.15) is 0 Å². The Morgan fingerprint density at radius 2 is 1.44 bits per heavy atom. The van der Waals surface area contributed by atoms with Crippen molar-refractivity contribution < 1.29 is 34.2 Å². The predicted molar refractivity (Wildman–Crippen MR) is 122 cm³/mol. The number of carboxylic acid groups (broad SMARTS) is 2. The number of hydrogen-bond donors (Lipinski definition) is 9. The van der Waals surface area contributed by atoms with E-state index in [1.165, 1.54) is 6.92 Å². The summed E-state index contributed by atoms with van der Waals surface area (Å²) >= 11 is 0. The Bertz CT molecular complexity index is 742. The van der Waals surface area contributed by atoms with Gasteiger partial charge in [-0.05, 0) is 45.6 Å². The number of guanidine groups is 1. The number of nitrogens with zero attached hydrogens (tertiary/aromatic N) is 1. The number of rotatable bonds is 17. The molecule has 0 saturated carbocycles. The van der Waals surface area contributed by atoms with Crippen molar-refractivity contribution in [3.8, 4) is 0 Å². The third-order valence-corrected chi connectivity index (χ3v) is 4.62. The number of carboxylic acids is 2. The van der Waals surface area contributed by atoms with Crippen LogP contribution in [0.5, 0.6) is 0 Å². The van der Waals surface area contributed by atoms with E-state index in [2.05, 4.69) is 20.9 Å². The van der Waals surface area contributed by atoms with E-state index in [9.17, 15) is 29.1 Å². The summed E-state index contributed by atoms with van der Waals surface area (Å²) < 4.78 is 0. The van der Waals surface area contributed by atoms with Gasteiger partial charge in [-0.3, -0.25) is 24.2 Å². The molecule has 194 valence electrons. The van der Waals surface area contributed by atoms with Crippen LogP contribution in [0.3, 0.4) is 0 Å². The lowest BCUT2D eigenvalue weighted by atomic mass is 10.1. The minimum absolute atomic E-state index is 0.0549. The van der Waals surface area contributed by atoms with Crippen LogP contribution in [-0.4, -0.2) is 83.1 Å². The van der Waals surface area contributed by atoms with E-state index >= 15 is 0 Å². The maximum absolute atomic E-state index is 12.7. The van der Waals surface area contributed by atoms with Crippen LogP contribution in [0, 0.1) is 0 Å². The van der Waals surface area contributed by atoms with Gasteiger partial charge in [0, 0.05) is 6.54 Å². The first-order valence-electron chi connectivity index (χ1n) is 10.8. The SMILES string of the molecule is CC(NC(=O)C(CCCN=C(N)N)NC(=O)C(N)CC(=O)O)C(=O)NC(CCCCN)C(=O)O. The van der Waals surface area contributed by atoms with Gasteiger partial charge in [0.15, 0.2) is 5.96 Å². The van der Waals surface area contributed by atoms with Crippen LogP contribution in [0.25, 0.3) is 0 Å². The van der Waals surface area contributed by atoms with Gasteiger partial charge in [0.2, 0.25) is 17.7 Å². The molecule has 0 aliphatic rings. The quantitative estimate of drug-likeness (QED) is 0.0550. The van der Waals surface area contributed by atoms with Gasteiger partial charge in [-0.25, -0.2) is 4.79 Å². The van der Waals surface area contributed by atoms with Crippen LogP contribution in [0.15, 0.2) is 4.99 Å². The van der Waals surface area contributed by atoms with Crippen LogP contribution in [-0.2, 0) is 24.0 Å². The van der Waals surface area contributed by atoms with Crippen LogP contribution in [0.2, 0.25) is 0 Å². The number of carbonyl (C=O) groups is 5. The number of amides is 3. The highest BCUT2D eigenvalue weighted by Crippen LogP contribution is 2.04. The molecule has 0 spiro atoms. The van der Waals surface area contributed by atoms with Crippen molar-refractivity contribution in [2.45, 2.75) is 69.6 Å². The Kier molecular flexibility index (Phi) is 14.6. The highest BCUT2D eigenvalue weighted by Gasteiger charge is 2.28. The molecule has 34 heavy (non-hydrogen) atoms. The first kappa shape index (κ1) is 30.5. The Morgan fingerprint density at radius 3 is 1.97 bits per heavy atom. The van der Waals surface area contributed by atoms with Crippen molar-refractivity contribution in [1.82, 2.24) is 16.0 Å². The third kappa shape index (κ3) is 13.2. The molecular weight excluding hydrogens is 452 g/mol. The van der Waals surface area contributed by atoms with Crippen LogP contribution in [0.1, 0.15) is 45.4 Å². The standard InChI is InChI=1S/C19H36N8O7/c1-10(15(30)27-13(18(33)34)5-2-3-7-20)25-17(32)12(6-4-8-24-19(22)23)26-16(31)11(21)9-14(28)29/h10-13H,2-9,20-21H2,1H3,(H,25,32)(H,26,31)(H,27,30)(H,28,29)(H,33,34)(H4,22,23,24). The lowest BCUT2D eigenvalue weighted by Gasteiger charge is -2.23. The molecule has 0 radical (unpaired) electrons. The normalized spacial score (nSPS) is 14.1. The van der Waals surface area contributed by atoms with E-state index < -0.39 is 60.2 Å². The maximum atomic E-state index is 12.7. The van der Waals surface area contributed by atoms with E-state index in [1.54, 1.807) is 0 Å². The molecule has 0 heterocycles. The van der Waals surface area contributed by atoms with Crippen LogP contribution in [0.4, 0.5) is 0 Å². The Hall–Kier alpha value is -3.46. The molecule has 0 saturated heterocycles. The van der Waals surface area contributed by atoms with Gasteiger partial charge in [-0.15, -0.1) is 0 Å². The lowest BCUT2D eigenvalue weighted by Crippen LogP contribution is -2.56. The van der Waals surface area contributed by atoms with Gasteiger partial charge in [0.1, 0.15) is 18.1 Å². The fourth-order valence-corrected chi connectivity index (χ4v) is 2.76. The number of unbranched alkanes of at least 4 members (excludes halogenated alkanes) is 1. The second-order valence-electron chi connectivity index (χ2n) is 7.63. The number of aliphatic carboxylic acids is 2. The van der Waals surface area contributed by atoms with Gasteiger partial charge in [0.25, 0.3) is 0 Å². The van der Waals surface area contributed by atoms with Crippen molar-refractivity contribution >= 4 is 35.6 Å². The van der Waals surface area contributed by atoms with Gasteiger partial charge >= 0.3 is 11.9 Å². The molecule has 0 aromatic heterocycles. The number of hydrogen-bond acceptors (Lipinski definition) is 8. The molecule has 4 atom stereocenters. The first-order chi connectivity index (χ1) is 15.9. The average Bonchev–Trinajstić information content (AvgIpc) is 2.73. The van der Waals surface area contributed by atoms with Gasteiger partial charge in [0.05, 0.1) is 12.5 Å². The van der Waals surface area contributed by atoms with Crippen molar-refractivity contribution in [3.05, 3.63) is 0 Å². The molecule has 15 heteroatoms. The maximum Gasteiger partial charge on any atom is 0.326 e. The largest absolute Gasteiger partial charge is 0.481 e. The van der Waals surface area contributed by atoms with E-state index in [-0.39, 0.29) is 31.8 Å². The van der Waals surface area contributed by atoms with Crippen molar-refractivity contribution in [3.63, 3.8) is 0 Å². The third-order valence-electron chi connectivity index (χ3n) is 4.62. The van der Waals surface area contributed by atoms with Gasteiger partial charge < -0.3 is 49.1 Å². The molecule has 3 amide bonds. The molecule has 0 aliphatic heterocycles. The summed E-state index contributed by atoms with van der Waals surface area (Å²) in [5, 5.41) is 25.2. The summed E-state index contributed by atoms with van der Waals surface area (Å²) in [5.41, 5.74) is 21.4. The molecule has 4 unspecified atom stereocenters. The molecule has 0 rings (SSSR count). The zero-order valence-corrected chi connectivity index (χ0v) is 19.2. The van der Waals surface area contributed by atoms with Gasteiger partial charge in [-0.1, -0.05) is 0 Å². The second-order valence-corrected chi connectivity index (χ2v) is 7.63. The average molecular weight is 489 g/mol. The minimum Gasteiger partial charge on any atom is -0.481 e. The van der Waals surface area contributed by atoms with E-state index in [0.29, 0.717) is 19.4 Å². The number of nitrogens with one attached hydrogen (secondary N) is 3. The Morgan fingerprint density at radius 1 is 0.853 bits per heavy atom. The molecule has 0 aromatic carbocycles. The zero-order valence-electron chi connectivity index (χ0n) is 19.2. The van der Waals surface area contributed by atoms with Crippen molar-refractivity contribution in [2.75, 3.05) is 13.1 Å². The van der Waals surface area contributed by atoms with E-state index in [0.717, 1.165) is 0 Å². The van der Waals surface area contributed by atoms with E-state index in [1.807, 2.05) is 0 Å². The molecule has 0 bridgehead atoms. The highest BCUT2D eigenvalue weighted by molar-refractivity contribution is 5.94. The fraction of sp³-hybridized carbons (Fsp3) is 0.684. The number of carbonyl (C=O) groups excluding carboxylic acids is 3. The van der Waals surface area contributed by atoms with Crippen LogP contribution < -0.4 is 38.9 Å². The Balaban J connectivity index is 5.16.